The minimum atomic E-state index is -0.919. The maximum atomic E-state index is 11.6. The lowest BCUT2D eigenvalue weighted by molar-refractivity contribution is -0.133. The van der Waals surface area contributed by atoms with E-state index in [1.54, 1.807) is 18.7 Å². The van der Waals surface area contributed by atoms with Crippen LogP contribution in [0, 0.1) is 0 Å². The van der Waals surface area contributed by atoms with Crippen molar-refractivity contribution >= 4 is 22.9 Å². The van der Waals surface area contributed by atoms with Crippen LogP contribution in [0.1, 0.15) is 44.4 Å². The first-order valence-electron chi connectivity index (χ1n) is 7.57. The van der Waals surface area contributed by atoms with E-state index in [0.29, 0.717) is 11.3 Å². The summed E-state index contributed by atoms with van der Waals surface area (Å²) in [5.41, 5.74) is 3.15. The molecule has 0 saturated carbocycles. The molecule has 0 aromatic heterocycles. The molecule has 5 heteroatoms. The topological polar surface area (TPSA) is 61.7 Å². The summed E-state index contributed by atoms with van der Waals surface area (Å²) in [6, 6.07) is 7.61. The third kappa shape index (κ3) is 3.71. The molecule has 0 fully saturated rings. The van der Waals surface area contributed by atoms with Crippen LogP contribution >= 0.6 is 11.8 Å². The predicted molar refractivity (Wildman–Crippen MR) is 92.2 cm³/mol. The maximum Gasteiger partial charge on any atom is 0.335 e. The molecule has 1 atom stereocenters. The Bertz CT molecular complexity index is 606. The molecule has 1 aromatic carbocycles. The third-order valence-corrected chi connectivity index (χ3v) is 4.69. The Balaban J connectivity index is 2.37. The summed E-state index contributed by atoms with van der Waals surface area (Å²) in [6.07, 6.45) is 2.02. The van der Waals surface area contributed by atoms with E-state index in [1.165, 1.54) is 5.56 Å². The largest absolute Gasteiger partial charge is 0.478 e. The first-order chi connectivity index (χ1) is 10.6. The number of carbonyl (C=O) groups is 1. The van der Waals surface area contributed by atoms with Gasteiger partial charge in [0, 0.05) is 11.4 Å². The Morgan fingerprint density at radius 1 is 1.32 bits per heavy atom. The Kier molecular flexibility index (Phi) is 5.66. The fourth-order valence-electron chi connectivity index (χ4n) is 2.37. The number of benzene rings is 1. The Morgan fingerprint density at radius 2 is 2.00 bits per heavy atom. The van der Waals surface area contributed by atoms with Gasteiger partial charge in [-0.05, 0) is 30.9 Å². The second kappa shape index (κ2) is 7.49. The van der Waals surface area contributed by atoms with E-state index in [1.807, 2.05) is 24.3 Å². The van der Waals surface area contributed by atoms with Crippen molar-refractivity contribution in [3.63, 3.8) is 0 Å². The van der Waals surface area contributed by atoms with Gasteiger partial charge in [-0.1, -0.05) is 49.9 Å². The molecule has 0 radical (unpaired) electrons. The number of allylic oxidation sites excluding steroid dienone is 1. The van der Waals surface area contributed by atoms with Gasteiger partial charge < -0.3 is 10.4 Å². The van der Waals surface area contributed by atoms with Crippen LogP contribution in [0.3, 0.4) is 0 Å². The molecular weight excluding hydrogens is 296 g/mol. The Labute approximate surface area is 135 Å². The molecule has 1 heterocycles. The van der Waals surface area contributed by atoms with Gasteiger partial charge in [-0.25, -0.2) is 9.79 Å². The second-order valence-corrected chi connectivity index (χ2v) is 6.33. The van der Waals surface area contributed by atoms with Crippen LogP contribution < -0.4 is 5.32 Å². The lowest BCUT2D eigenvalue weighted by atomic mass is 9.95. The molecule has 0 bridgehead atoms. The van der Waals surface area contributed by atoms with Crippen LogP contribution in [-0.4, -0.2) is 22.0 Å². The van der Waals surface area contributed by atoms with Crippen molar-refractivity contribution in [2.45, 2.75) is 39.7 Å². The molecule has 1 aliphatic rings. The molecule has 0 spiro atoms. The summed E-state index contributed by atoms with van der Waals surface area (Å²) in [7, 11) is 0. The predicted octanol–water partition coefficient (Wildman–Crippen LogP) is 3.75. The van der Waals surface area contributed by atoms with Crippen LogP contribution in [0.2, 0.25) is 0 Å². The zero-order valence-corrected chi connectivity index (χ0v) is 14.0. The highest BCUT2D eigenvalue weighted by Gasteiger charge is 2.28. The second-order valence-electron chi connectivity index (χ2n) is 5.25. The van der Waals surface area contributed by atoms with Gasteiger partial charge in [-0.2, -0.15) is 0 Å². The summed E-state index contributed by atoms with van der Waals surface area (Å²) in [5, 5.41) is 13.4. The van der Waals surface area contributed by atoms with Gasteiger partial charge in [0.1, 0.15) is 6.04 Å². The summed E-state index contributed by atoms with van der Waals surface area (Å²) in [4.78, 5) is 16.2. The lowest BCUT2D eigenvalue weighted by Crippen LogP contribution is -2.29. The Morgan fingerprint density at radius 3 is 2.55 bits per heavy atom. The maximum absolute atomic E-state index is 11.6. The summed E-state index contributed by atoms with van der Waals surface area (Å²) >= 11 is 1.63. The average Bonchev–Trinajstić information content (AvgIpc) is 2.52. The quantitative estimate of drug-likeness (QED) is 0.868. The summed E-state index contributed by atoms with van der Waals surface area (Å²) < 4.78 is 0. The molecule has 4 nitrogen and oxygen atoms in total. The van der Waals surface area contributed by atoms with E-state index in [-0.39, 0.29) is 0 Å². The zero-order chi connectivity index (χ0) is 16.1. The summed E-state index contributed by atoms with van der Waals surface area (Å²) in [5.74, 6) is 0.0427. The van der Waals surface area contributed by atoms with Crippen molar-refractivity contribution in [3.8, 4) is 0 Å². The number of carboxylic acids is 1. The van der Waals surface area contributed by atoms with Gasteiger partial charge in [-0.3, -0.25) is 0 Å². The molecule has 0 saturated heterocycles. The Hall–Kier alpha value is -1.75. The number of nitrogens with one attached hydrogen (secondary N) is 1. The highest BCUT2D eigenvalue weighted by molar-refractivity contribution is 8.13. The molecule has 1 aliphatic heterocycles. The minimum absolute atomic E-state index is 0.324. The van der Waals surface area contributed by atoms with Gasteiger partial charge in [0.25, 0.3) is 0 Å². The fraction of sp³-hybridized carbons (Fsp3) is 0.412. The fourth-order valence-corrected chi connectivity index (χ4v) is 3.18. The number of thioether (sulfide) groups is 1. The number of nitrogens with zero attached hydrogens (tertiary/aromatic N) is 1. The molecule has 1 unspecified atom stereocenters. The monoisotopic (exact) mass is 318 g/mol. The lowest BCUT2D eigenvalue weighted by Gasteiger charge is -2.24. The molecule has 22 heavy (non-hydrogen) atoms. The highest BCUT2D eigenvalue weighted by atomic mass is 32.2. The molecule has 2 rings (SSSR count). The number of aliphatic imine (C=N–C) groups is 1. The van der Waals surface area contributed by atoms with E-state index in [9.17, 15) is 9.90 Å². The minimum Gasteiger partial charge on any atom is -0.478 e. The number of hydrogen-bond acceptors (Lipinski definition) is 4. The van der Waals surface area contributed by atoms with E-state index in [2.05, 4.69) is 24.2 Å². The molecule has 118 valence electrons. The number of hydrogen-bond donors (Lipinski definition) is 2. The third-order valence-electron chi connectivity index (χ3n) is 3.60. The van der Waals surface area contributed by atoms with Crippen molar-refractivity contribution in [1.29, 1.82) is 0 Å². The summed E-state index contributed by atoms with van der Waals surface area (Å²) in [6.45, 7) is 6.02. The van der Waals surface area contributed by atoms with E-state index >= 15 is 0 Å². The number of amidine groups is 1. The van der Waals surface area contributed by atoms with E-state index in [4.69, 9.17) is 0 Å². The van der Waals surface area contributed by atoms with Crippen LogP contribution in [0.15, 0.2) is 40.5 Å². The number of aryl methyl sites for hydroxylation is 1. The highest BCUT2D eigenvalue weighted by Crippen LogP contribution is 2.32. The first-order valence-corrected chi connectivity index (χ1v) is 8.55. The van der Waals surface area contributed by atoms with Crippen molar-refractivity contribution < 1.29 is 9.90 Å². The van der Waals surface area contributed by atoms with E-state index in [0.717, 1.165) is 29.3 Å². The smallest absolute Gasteiger partial charge is 0.335 e. The molecule has 0 amide bonds. The van der Waals surface area contributed by atoms with Gasteiger partial charge in [0.2, 0.25) is 0 Å². The number of aliphatic carboxylic acids is 1. The molecule has 2 N–H and O–H groups in total. The van der Waals surface area contributed by atoms with Crippen LogP contribution in [0.5, 0.6) is 0 Å². The first kappa shape index (κ1) is 16.6. The molecule has 0 aliphatic carbocycles. The molecular formula is C17H22N2O2S. The average molecular weight is 318 g/mol. The van der Waals surface area contributed by atoms with Crippen molar-refractivity contribution in [1.82, 2.24) is 5.32 Å². The van der Waals surface area contributed by atoms with Crippen molar-refractivity contribution in [3.05, 3.63) is 46.7 Å². The number of rotatable bonds is 5. The van der Waals surface area contributed by atoms with E-state index < -0.39 is 12.0 Å². The van der Waals surface area contributed by atoms with Crippen LogP contribution in [0.25, 0.3) is 0 Å². The van der Waals surface area contributed by atoms with Gasteiger partial charge in [-0.15, -0.1) is 0 Å². The molecule has 1 aromatic rings. The van der Waals surface area contributed by atoms with Crippen molar-refractivity contribution in [2.75, 3.05) is 5.75 Å². The standard InChI is InChI=1S/C17H22N2O2S/c1-4-10-22-17-18-11(3)14(16(20)21)15(19-17)13-8-6-12(5-2)7-9-13/h6-9,15H,4-5,10H2,1-3H3,(H,18,19)(H,20,21). The number of carboxylic acid groups (broad SMARTS) is 1. The van der Waals surface area contributed by atoms with Crippen molar-refractivity contribution in [2.24, 2.45) is 4.99 Å². The normalized spacial score (nSPS) is 18.0. The zero-order valence-electron chi connectivity index (χ0n) is 13.2. The SMILES string of the molecule is CCCSC1=NC(c2ccc(CC)cc2)C(C(=O)O)=C(C)N1. The van der Waals surface area contributed by atoms with Gasteiger partial charge in [0.05, 0.1) is 5.57 Å². The van der Waals surface area contributed by atoms with Crippen LogP contribution in [-0.2, 0) is 11.2 Å². The van der Waals surface area contributed by atoms with Gasteiger partial charge in [0.15, 0.2) is 5.17 Å². The van der Waals surface area contributed by atoms with Crippen LogP contribution in [0.4, 0.5) is 0 Å². The van der Waals surface area contributed by atoms with Gasteiger partial charge >= 0.3 is 5.97 Å².